The number of rotatable bonds is 2. The van der Waals surface area contributed by atoms with E-state index in [9.17, 15) is 9.59 Å². The van der Waals surface area contributed by atoms with Crippen LogP contribution in [0.5, 0.6) is 0 Å². The van der Waals surface area contributed by atoms with E-state index < -0.39 is 24.2 Å². The summed E-state index contributed by atoms with van der Waals surface area (Å²) in [7, 11) is 1.39. The lowest BCUT2D eigenvalue weighted by molar-refractivity contribution is -0.142. The quantitative estimate of drug-likeness (QED) is 0.877. The maximum atomic E-state index is 11.4. The maximum Gasteiger partial charge on any atom is 0.411 e. The number of hydrogen-bond donors (Lipinski definition) is 1. The number of carbonyl (C=O) groups excluding carboxylic acids is 1. The first-order valence-corrected chi connectivity index (χ1v) is 5.31. The maximum absolute atomic E-state index is 11.4. The summed E-state index contributed by atoms with van der Waals surface area (Å²) in [5.41, 5.74) is 0.499. The highest BCUT2D eigenvalue weighted by atomic mass is 35.5. The molecule has 0 bridgehead atoms. The Morgan fingerprint density at radius 3 is 2.71 bits per heavy atom. The smallest absolute Gasteiger partial charge is 0.411 e. The van der Waals surface area contributed by atoms with Gasteiger partial charge in [0, 0.05) is 17.6 Å². The lowest BCUT2D eigenvalue weighted by atomic mass is 10.0. The molecule has 90 valence electrons. The van der Waals surface area contributed by atoms with Gasteiger partial charge in [0.25, 0.3) is 0 Å². The molecule has 1 heterocycles. The van der Waals surface area contributed by atoms with Crippen LogP contribution in [0.15, 0.2) is 24.3 Å². The third kappa shape index (κ3) is 1.93. The zero-order chi connectivity index (χ0) is 12.6. The predicted octanol–water partition coefficient (Wildman–Crippen LogP) is 1.92. The molecule has 1 aromatic rings. The summed E-state index contributed by atoms with van der Waals surface area (Å²) in [5, 5.41) is 9.49. The number of hydrogen-bond acceptors (Lipinski definition) is 3. The summed E-state index contributed by atoms with van der Waals surface area (Å²) in [5.74, 6) is -1.12. The van der Waals surface area contributed by atoms with Crippen molar-refractivity contribution in [2.24, 2.45) is 0 Å². The number of carboxylic acid groups (broad SMARTS) is 1. The summed E-state index contributed by atoms with van der Waals surface area (Å²) in [4.78, 5) is 23.6. The summed E-state index contributed by atoms with van der Waals surface area (Å²) in [6, 6.07) is 5.66. The summed E-state index contributed by atoms with van der Waals surface area (Å²) < 4.78 is 5.04. The highest BCUT2D eigenvalue weighted by molar-refractivity contribution is 6.31. The van der Waals surface area contributed by atoms with Crippen molar-refractivity contribution < 1.29 is 19.4 Å². The van der Waals surface area contributed by atoms with Gasteiger partial charge in [0.05, 0.1) is 0 Å². The first-order valence-electron chi connectivity index (χ1n) is 4.93. The summed E-state index contributed by atoms with van der Waals surface area (Å²) in [6.45, 7) is 0. The summed E-state index contributed by atoms with van der Waals surface area (Å²) in [6.07, 6.45) is -1.54. The molecule has 0 spiro atoms. The zero-order valence-electron chi connectivity index (χ0n) is 8.96. The first kappa shape index (κ1) is 11.7. The minimum atomic E-state index is -1.12. The van der Waals surface area contributed by atoms with E-state index in [4.69, 9.17) is 21.4 Å². The minimum absolute atomic E-state index is 0.381. The fourth-order valence-electron chi connectivity index (χ4n) is 1.81. The molecular weight excluding hydrogens is 246 g/mol. The molecule has 1 N–H and O–H groups in total. The normalized spacial score (nSPS) is 23.6. The number of carbonyl (C=O) groups is 2. The highest BCUT2D eigenvalue weighted by Crippen LogP contribution is 2.35. The Labute approximate surface area is 103 Å². The number of likely N-dealkylation sites (N-methyl/N-ethyl adjacent to an activating group) is 1. The van der Waals surface area contributed by atoms with Gasteiger partial charge in [0.1, 0.15) is 0 Å². The third-order valence-corrected chi connectivity index (χ3v) is 3.03. The van der Waals surface area contributed by atoms with E-state index >= 15 is 0 Å². The van der Waals surface area contributed by atoms with Gasteiger partial charge < -0.3 is 9.84 Å². The van der Waals surface area contributed by atoms with Crippen molar-refractivity contribution in [3.63, 3.8) is 0 Å². The van der Waals surface area contributed by atoms with Crippen LogP contribution in [-0.2, 0) is 9.53 Å². The highest BCUT2D eigenvalue weighted by Gasteiger charge is 2.45. The van der Waals surface area contributed by atoms with Gasteiger partial charge >= 0.3 is 12.1 Å². The van der Waals surface area contributed by atoms with Crippen molar-refractivity contribution in [3.8, 4) is 0 Å². The monoisotopic (exact) mass is 255 g/mol. The zero-order valence-corrected chi connectivity index (χ0v) is 9.72. The molecule has 0 saturated carbocycles. The van der Waals surface area contributed by atoms with Crippen molar-refractivity contribution in [2.75, 3.05) is 7.05 Å². The average molecular weight is 256 g/mol. The molecule has 0 radical (unpaired) electrons. The summed E-state index contributed by atoms with van der Waals surface area (Å²) >= 11 is 5.97. The molecule has 0 aliphatic carbocycles. The van der Waals surface area contributed by atoms with E-state index in [1.165, 1.54) is 7.05 Å². The molecule has 6 heteroatoms. The first-order chi connectivity index (χ1) is 8.02. The number of halogens is 1. The number of ether oxygens (including phenoxy) is 1. The molecule has 5 nitrogen and oxygen atoms in total. The lowest BCUT2D eigenvalue weighted by Crippen LogP contribution is -2.37. The van der Waals surface area contributed by atoms with E-state index in [1.807, 2.05) is 0 Å². The average Bonchev–Trinajstić information content (AvgIpc) is 2.56. The van der Waals surface area contributed by atoms with Gasteiger partial charge in [-0.25, -0.2) is 9.59 Å². The Hall–Kier alpha value is -1.75. The van der Waals surface area contributed by atoms with Gasteiger partial charge in [-0.05, 0) is 6.07 Å². The van der Waals surface area contributed by atoms with Crippen molar-refractivity contribution >= 4 is 23.7 Å². The van der Waals surface area contributed by atoms with Crippen molar-refractivity contribution in [3.05, 3.63) is 34.9 Å². The molecule has 1 aromatic carbocycles. The van der Waals surface area contributed by atoms with Crippen LogP contribution in [0.3, 0.4) is 0 Å². The third-order valence-electron chi connectivity index (χ3n) is 2.68. The predicted molar refractivity (Wildman–Crippen MR) is 59.9 cm³/mol. The lowest BCUT2D eigenvalue weighted by Gasteiger charge is -2.17. The van der Waals surface area contributed by atoms with Gasteiger partial charge in [0.15, 0.2) is 12.1 Å². The molecule has 2 rings (SSSR count). The van der Waals surface area contributed by atoms with Crippen LogP contribution in [-0.4, -0.2) is 35.2 Å². The molecule has 2 unspecified atom stereocenters. The van der Waals surface area contributed by atoms with Gasteiger partial charge in [-0.3, -0.25) is 4.90 Å². The Morgan fingerprint density at radius 2 is 2.12 bits per heavy atom. The van der Waals surface area contributed by atoms with Crippen molar-refractivity contribution in [1.29, 1.82) is 0 Å². The molecular formula is C11H10ClNO4. The second kappa shape index (κ2) is 4.25. The van der Waals surface area contributed by atoms with Crippen LogP contribution in [0.25, 0.3) is 0 Å². The van der Waals surface area contributed by atoms with Crippen molar-refractivity contribution in [2.45, 2.75) is 12.1 Å². The minimum Gasteiger partial charge on any atom is -0.480 e. The van der Waals surface area contributed by atoms with Crippen LogP contribution in [0, 0.1) is 0 Å². The number of benzene rings is 1. The largest absolute Gasteiger partial charge is 0.480 e. The fraction of sp³-hybridized carbons (Fsp3) is 0.273. The van der Waals surface area contributed by atoms with E-state index in [0.717, 1.165) is 4.90 Å². The number of carboxylic acids is 1. The number of nitrogens with zero attached hydrogens (tertiary/aromatic N) is 1. The van der Waals surface area contributed by atoms with E-state index in [2.05, 4.69) is 0 Å². The molecule has 1 aliphatic heterocycles. The Bertz CT molecular complexity index is 476. The fourth-order valence-corrected chi connectivity index (χ4v) is 2.05. The van der Waals surface area contributed by atoms with Crippen LogP contribution in [0.2, 0.25) is 5.02 Å². The molecule has 1 fully saturated rings. The second-order valence-electron chi connectivity index (χ2n) is 3.72. The van der Waals surface area contributed by atoms with Crippen LogP contribution in [0.4, 0.5) is 4.79 Å². The number of aliphatic carboxylic acids is 1. The van der Waals surface area contributed by atoms with Crippen molar-refractivity contribution in [1.82, 2.24) is 4.90 Å². The molecule has 17 heavy (non-hydrogen) atoms. The number of cyclic esters (lactones) is 1. The molecule has 2 atom stereocenters. The number of amides is 1. The van der Waals surface area contributed by atoms with E-state index in [-0.39, 0.29) is 0 Å². The Morgan fingerprint density at radius 1 is 1.47 bits per heavy atom. The Kier molecular flexibility index (Phi) is 2.93. The Balaban J connectivity index is 2.42. The SMILES string of the molecule is CN1C(=O)OC(c2ccccc2Cl)C1C(=O)O. The molecule has 0 aromatic heterocycles. The molecule has 1 aliphatic rings. The standard InChI is InChI=1S/C11H10ClNO4/c1-13-8(10(14)15)9(17-11(13)16)6-4-2-3-5-7(6)12/h2-5,8-9H,1H3,(H,14,15). The van der Waals surface area contributed by atoms with Gasteiger partial charge in [0.2, 0.25) is 0 Å². The van der Waals surface area contributed by atoms with Crippen LogP contribution >= 0.6 is 11.6 Å². The van der Waals surface area contributed by atoms with Crippen LogP contribution in [0.1, 0.15) is 11.7 Å². The van der Waals surface area contributed by atoms with Crippen LogP contribution < -0.4 is 0 Å². The topological polar surface area (TPSA) is 66.8 Å². The van der Waals surface area contributed by atoms with Gasteiger partial charge in [-0.2, -0.15) is 0 Å². The van der Waals surface area contributed by atoms with E-state index in [1.54, 1.807) is 24.3 Å². The van der Waals surface area contributed by atoms with Gasteiger partial charge in [-0.1, -0.05) is 29.8 Å². The second-order valence-corrected chi connectivity index (χ2v) is 4.13. The molecule has 1 saturated heterocycles. The van der Waals surface area contributed by atoms with E-state index in [0.29, 0.717) is 10.6 Å². The van der Waals surface area contributed by atoms with Gasteiger partial charge in [-0.15, -0.1) is 0 Å². The molecule has 1 amide bonds.